The Balaban J connectivity index is 2.86. The minimum absolute atomic E-state index is 0.0197. The summed E-state index contributed by atoms with van der Waals surface area (Å²) in [4.78, 5) is 22.0. The van der Waals surface area contributed by atoms with Crippen LogP contribution in [-0.4, -0.2) is 26.9 Å². The maximum absolute atomic E-state index is 11.7. The summed E-state index contributed by atoms with van der Waals surface area (Å²) in [6.45, 7) is 1.48. The van der Waals surface area contributed by atoms with Gasteiger partial charge in [0.1, 0.15) is 0 Å². The molecule has 1 amide bonds. The number of amides is 1. The summed E-state index contributed by atoms with van der Waals surface area (Å²) < 4.78 is 29.3. The number of nitrogen functional groups attached to an aromatic ring is 1. The first-order valence-electron chi connectivity index (χ1n) is 4.96. The largest absolute Gasteiger partial charge is 0.459 e. The predicted octanol–water partition coefficient (Wildman–Crippen LogP) is -0.363. The maximum atomic E-state index is 11.7. The van der Waals surface area contributed by atoms with Gasteiger partial charge in [-0.1, -0.05) is 0 Å². The van der Waals surface area contributed by atoms with Gasteiger partial charge in [-0.2, -0.15) is 0 Å². The van der Waals surface area contributed by atoms with Crippen LogP contribution in [0.2, 0.25) is 0 Å². The quantitative estimate of drug-likeness (QED) is 0.441. The molecule has 1 aromatic carbocycles. The average molecular weight is 272 g/mol. The number of sulfonamides is 1. The number of nitrogens with one attached hydrogen (secondary N) is 1. The fraction of sp³-hybridized carbons (Fsp3) is 0.200. The van der Waals surface area contributed by atoms with Crippen molar-refractivity contribution in [2.24, 2.45) is 0 Å². The Morgan fingerprint density at radius 1 is 1.28 bits per heavy atom. The number of nitrogens with two attached hydrogens (primary N) is 1. The van der Waals surface area contributed by atoms with Crippen LogP contribution in [0, 0.1) is 0 Å². The molecule has 0 saturated heterocycles. The normalized spacial score (nSPS) is 10.7. The van der Waals surface area contributed by atoms with Gasteiger partial charge in [-0.05, 0) is 31.2 Å². The smallest absolute Gasteiger partial charge is 0.397 e. The lowest BCUT2D eigenvalue weighted by molar-refractivity contribution is -0.153. The summed E-state index contributed by atoms with van der Waals surface area (Å²) in [5, 5.41) is 0. The Bertz CT molecular complexity index is 550. The third-order valence-electron chi connectivity index (χ3n) is 1.88. The van der Waals surface area contributed by atoms with Gasteiger partial charge in [-0.15, -0.1) is 0 Å². The number of benzene rings is 1. The van der Waals surface area contributed by atoms with E-state index in [9.17, 15) is 18.0 Å². The lowest BCUT2D eigenvalue weighted by Crippen LogP contribution is -2.37. The van der Waals surface area contributed by atoms with E-state index in [-0.39, 0.29) is 11.5 Å². The van der Waals surface area contributed by atoms with Crippen molar-refractivity contribution in [3.63, 3.8) is 0 Å². The van der Waals surface area contributed by atoms with Gasteiger partial charge in [0.25, 0.3) is 10.0 Å². The standard InChI is InChI=1S/C10H12N2O5S/c1-2-17-10(14)9(13)12-18(15,16)8-5-3-7(11)4-6-8/h3-6H,2,11H2,1H3,(H,12,13). The minimum Gasteiger partial charge on any atom is -0.459 e. The van der Waals surface area contributed by atoms with E-state index in [1.165, 1.54) is 31.2 Å². The summed E-state index contributed by atoms with van der Waals surface area (Å²) in [5.41, 5.74) is 5.78. The first-order valence-corrected chi connectivity index (χ1v) is 6.44. The minimum atomic E-state index is -4.10. The van der Waals surface area contributed by atoms with Crippen molar-refractivity contribution in [1.29, 1.82) is 0 Å². The zero-order valence-corrected chi connectivity index (χ0v) is 10.4. The van der Waals surface area contributed by atoms with Crippen LogP contribution in [0.3, 0.4) is 0 Å². The fourth-order valence-corrected chi connectivity index (χ4v) is 2.01. The molecular formula is C10H12N2O5S. The average Bonchev–Trinajstić information content (AvgIpc) is 2.29. The van der Waals surface area contributed by atoms with Crippen LogP contribution in [0.4, 0.5) is 5.69 Å². The third-order valence-corrected chi connectivity index (χ3v) is 3.23. The number of carbonyl (C=O) groups excluding carboxylic acids is 2. The molecule has 98 valence electrons. The van der Waals surface area contributed by atoms with E-state index in [4.69, 9.17) is 5.73 Å². The van der Waals surface area contributed by atoms with Crippen molar-refractivity contribution in [2.75, 3.05) is 12.3 Å². The van der Waals surface area contributed by atoms with Gasteiger partial charge in [0.15, 0.2) is 0 Å². The van der Waals surface area contributed by atoms with Crippen molar-refractivity contribution in [3.8, 4) is 0 Å². The van der Waals surface area contributed by atoms with Crippen molar-refractivity contribution >= 4 is 27.6 Å². The molecule has 18 heavy (non-hydrogen) atoms. The number of carbonyl (C=O) groups is 2. The van der Waals surface area contributed by atoms with Gasteiger partial charge in [0.05, 0.1) is 11.5 Å². The monoisotopic (exact) mass is 272 g/mol. The summed E-state index contributed by atoms with van der Waals surface area (Å²) in [5.74, 6) is -2.59. The fourth-order valence-electron chi connectivity index (χ4n) is 1.07. The van der Waals surface area contributed by atoms with Crippen molar-refractivity contribution in [1.82, 2.24) is 4.72 Å². The van der Waals surface area contributed by atoms with Crippen molar-refractivity contribution in [3.05, 3.63) is 24.3 Å². The molecule has 0 aliphatic rings. The van der Waals surface area contributed by atoms with E-state index in [1.807, 2.05) is 0 Å². The molecule has 0 heterocycles. The number of hydrogen-bond acceptors (Lipinski definition) is 6. The second-order valence-corrected chi connectivity index (χ2v) is 4.91. The van der Waals surface area contributed by atoms with Crippen molar-refractivity contribution in [2.45, 2.75) is 11.8 Å². The SMILES string of the molecule is CCOC(=O)C(=O)NS(=O)(=O)c1ccc(N)cc1. The summed E-state index contributed by atoms with van der Waals surface area (Å²) in [6, 6.07) is 5.17. The second kappa shape index (κ2) is 5.50. The second-order valence-electron chi connectivity index (χ2n) is 3.22. The van der Waals surface area contributed by atoms with Gasteiger partial charge >= 0.3 is 11.9 Å². The van der Waals surface area contributed by atoms with Gasteiger partial charge in [0, 0.05) is 5.69 Å². The molecule has 0 atom stereocenters. The Kier molecular flexibility index (Phi) is 4.27. The van der Waals surface area contributed by atoms with Gasteiger partial charge in [0.2, 0.25) is 0 Å². The predicted molar refractivity (Wildman–Crippen MR) is 62.8 cm³/mol. The Morgan fingerprint density at radius 2 is 1.83 bits per heavy atom. The lowest BCUT2D eigenvalue weighted by atomic mass is 10.3. The van der Waals surface area contributed by atoms with E-state index in [1.54, 1.807) is 4.72 Å². The molecule has 0 bridgehead atoms. The molecule has 7 nitrogen and oxygen atoms in total. The molecular weight excluding hydrogens is 260 g/mol. The molecule has 3 N–H and O–H groups in total. The van der Waals surface area contributed by atoms with E-state index >= 15 is 0 Å². The van der Waals surface area contributed by atoms with Crippen LogP contribution in [0.25, 0.3) is 0 Å². The van der Waals surface area contributed by atoms with E-state index < -0.39 is 21.9 Å². The highest BCUT2D eigenvalue weighted by Gasteiger charge is 2.23. The highest BCUT2D eigenvalue weighted by molar-refractivity contribution is 7.90. The first-order chi connectivity index (χ1) is 8.36. The molecule has 0 aliphatic carbocycles. The molecule has 0 unspecified atom stereocenters. The zero-order valence-electron chi connectivity index (χ0n) is 9.54. The maximum Gasteiger partial charge on any atom is 0.397 e. The molecule has 0 saturated carbocycles. The highest BCUT2D eigenvalue weighted by Crippen LogP contribution is 2.11. The number of rotatable bonds is 3. The number of anilines is 1. The Morgan fingerprint density at radius 3 is 2.33 bits per heavy atom. The molecule has 0 fully saturated rings. The molecule has 1 aromatic rings. The lowest BCUT2D eigenvalue weighted by Gasteiger charge is -2.06. The van der Waals surface area contributed by atoms with E-state index in [0.29, 0.717) is 5.69 Å². The van der Waals surface area contributed by atoms with Crippen LogP contribution in [0.15, 0.2) is 29.2 Å². The number of esters is 1. The molecule has 1 rings (SSSR count). The molecule has 0 aromatic heterocycles. The van der Waals surface area contributed by atoms with E-state index in [2.05, 4.69) is 4.74 Å². The Labute approximate surface area is 104 Å². The highest BCUT2D eigenvalue weighted by atomic mass is 32.2. The topological polar surface area (TPSA) is 116 Å². The number of ether oxygens (including phenoxy) is 1. The van der Waals surface area contributed by atoms with E-state index in [0.717, 1.165) is 0 Å². The van der Waals surface area contributed by atoms with Gasteiger partial charge in [-0.3, -0.25) is 4.79 Å². The van der Waals surface area contributed by atoms with Crippen LogP contribution in [0.1, 0.15) is 6.92 Å². The van der Waals surface area contributed by atoms with Crippen LogP contribution in [-0.2, 0) is 24.3 Å². The molecule has 8 heteroatoms. The molecule has 0 aliphatic heterocycles. The van der Waals surface area contributed by atoms with Crippen molar-refractivity contribution < 1.29 is 22.7 Å². The summed E-state index contributed by atoms with van der Waals surface area (Å²) in [7, 11) is -4.10. The van der Waals surface area contributed by atoms with Crippen LogP contribution in [0.5, 0.6) is 0 Å². The van der Waals surface area contributed by atoms with Crippen LogP contribution < -0.4 is 10.5 Å². The van der Waals surface area contributed by atoms with Crippen LogP contribution >= 0.6 is 0 Å². The molecule has 0 spiro atoms. The number of hydrogen-bond donors (Lipinski definition) is 2. The third kappa shape index (κ3) is 3.45. The van der Waals surface area contributed by atoms with Gasteiger partial charge < -0.3 is 10.5 Å². The summed E-state index contributed by atoms with van der Waals surface area (Å²) >= 11 is 0. The summed E-state index contributed by atoms with van der Waals surface area (Å²) in [6.07, 6.45) is 0. The zero-order chi connectivity index (χ0) is 13.8. The Hall–Kier alpha value is -2.09. The first kappa shape index (κ1) is 14.0. The molecule has 0 radical (unpaired) electrons. The van der Waals surface area contributed by atoms with Gasteiger partial charge in [-0.25, -0.2) is 17.9 Å².